The van der Waals surface area contributed by atoms with Gasteiger partial charge < -0.3 is 20.2 Å². The third-order valence-corrected chi connectivity index (χ3v) is 4.70. The van der Waals surface area contributed by atoms with E-state index in [4.69, 9.17) is 26.5 Å². The molecule has 3 rings (SSSR count). The molecule has 1 heterocycles. The van der Waals surface area contributed by atoms with Gasteiger partial charge >= 0.3 is 6.09 Å². The molecule has 0 radical (unpaired) electrons. The Balaban J connectivity index is 1.69. The number of amides is 1. The van der Waals surface area contributed by atoms with E-state index in [0.29, 0.717) is 22.3 Å². The molecule has 0 spiro atoms. The lowest BCUT2D eigenvalue weighted by atomic mass is 10.1. The Hall–Kier alpha value is -3.52. The summed E-state index contributed by atoms with van der Waals surface area (Å²) in [5.74, 6) is 1.06. The highest BCUT2D eigenvalue weighted by atomic mass is 35.5. The number of aryl methyl sites for hydroxylation is 1. The predicted octanol–water partition coefficient (Wildman–Crippen LogP) is 4.54. The van der Waals surface area contributed by atoms with E-state index < -0.39 is 6.09 Å². The van der Waals surface area contributed by atoms with Gasteiger partial charge in [0, 0.05) is 48.2 Å². The summed E-state index contributed by atoms with van der Waals surface area (Å²) in [6.45, 7) is 0.0918. The number of carbonyl (C=O) groups excluding carboxylic acids is 1. The van der Waals surface area contributed by atoms with Crippen molar-refractivity contribution in [3.63, 3.8) is 0 Å². The third-order valence-electron chi connectivity index (χ3n) is 4.46. The molecule has 0 aliphatic carbocycles. The van der Waals surface area contributed by atoms with Gasteiger partial charge in [-0.1, -0.05) is 23.7 Å². The quantitative estimate of drug-likeness (QED) is 0.480. The molecule has 0 aliphatic rings. The minimum Gasteiger partial charge on any atom is -0.496 e. The summed E-state index contributed by atoms with van der Waals surface area (Å²) in [7, 11) is 5.05. The van der Waals surface area contributed by atoms with E-state index in [-0.39, 0.29) is 6.61 Å². The highest BCUT2D eigenvalue weighted by molar-refractivity contribution is 6.30. The molecule has 2 aromatic carbocycles. The Morgan fingerprint density at radius 1 is 1.27 bits per heavy atom. The van der Waals surface area contributed by atoms with Crippen LogP contribution in [0.3, 0.4) is 0 Å². The first-order valence-electron chi connectivity index (χ1n) is 9.08. The summed E-state index contributed by atoms with van der Waals surface area (Å²) in [6.07, 6.45) is 0.661. The Kier molecular flexibility index (Phi) is 6.58. The third kappa shape index (κ3) is 4.72. The van der Waals surface area contributed by atoms with E-state index in [1.807, 2.05) is 18.2 Å². The number of rotatable bonds is 7. The molecule has 0 unspecified atom stereocenters. The van der Waals surface area contributed by atoms with Crippen LogP contribution in [0, 0.1) is 5.41 Å². The molecule has 156 valence electrons. The minimum absolute atomic E-state index is 0.0918. The molecule has 0 saturated carbocycles. The highest BCUT2D eigenvalue weighted by Crippen LogP contribution is 2.32. The number of anilines is 2. The predicted molar refractivity (Wildman–Crippen MR) is 118 cm³/mol. The van der Waals surface area contributed by atoms with E-state index in [1.165, 1.54) is 6.21 Å². The van der Waals surface area contributed by atoms with E-state index in [9.17, 15) is 4.79 Å². The monoisotopic (exact) mass is 427 g/mol. The first-order valence-corrected chi connectivity index (χ1v) is 9.45. The summed E-state index contributed by atoms with van der Waals surface area (Å²) >= 11 is 6.02. The van der Waals surface area contributed by atoms with Gasteiger partial charge in [0.2, 0.25) is 0 Å². The van der Waals surface area contributed by atoms with Gasteiger partial charge in [0.15, 0.2) is 0 Å². The second-order valence-corrected chi connectivity index (χ2v) is 6.84. The lowest BCUT2D eigenvalue weighted by Gasteiger charge is -2.10. The van der Waals surface area contributed by atoms with Crippen LogP contribution >= 0.6 is 11.6 Å². The number of nitrogens with zero attached hydrogens (tertiary/aromatic N) is 2. The Labute approximate surface area is 179 Å². The number of hydrogen-bond acceptors (Lipinski definition) is 6. The highest BCUT2D eigenvalue weighted by Gasteiger charge is 2.14. The molecule has 9 heteroatoms. The van der Waals surface area contributed by atoms with Crippen molar-refractivity contribution in [1.29, 1.82) is 5.41 Å². The van der Waals surface area contributed by atoms with Gasteiger partial charge in [-0.15, -0.1) is 0 Å². The number of carbonyl (C=O) groups is 1. The van der Waals surface area contributed by atoms with Gasteiger partial charge in [-0.3, -0.25) is 10.00 Å². The van der Waals surface area contributed by atoms with Crippen LogP contribution in [0.4, 0.5) is 16.3 Å². The van der Waals surface area contributed by atoms with Crippen molar-refractivity contribution in [2.75, 3.05) is 24.8 Å². The van der Waals surface area contributed by atoms with Crippen molar-refractivity contribution in [2.24, 2.45) is 7.05 Å². The van der Waals surface area contributed by atoms with Crippen LogP contribution in [0.5, 0.6) is 5.75 Å². The number of methoxy groups -OCH3 is 1. The van der Waals surface area contributed by atoms with E-state index >= 15 is 0 Å². The zero-order chi connectivity index (χ0) is 21.7. The molecule has 30 heavy (non-hydrogen) atoms. The van der Waals surface area contributed by atoms with Crippen LogP contribution in [-0.4, -0.2) is 36.2 Å². The minimum atomic E-state index is -0.602. The van der Waals surface area contributed by atoms with Crippen LogP contribution in [0.2, 0.25) is 5.02 Å². The zero-order valence-electron chi connectivity index (χ0n) is 16.8. The molecular weight excluding hydrogens is 406 g/mol. The van der Waals surface area contributed by atoms with Gasteiger partial charge in [-0.05, 0) is 29.8 Å². The second-order valence-electron chi connectivity index (χ2n) is 6.40. The maximum atomic E-state index is 12.3. The topological polar surface area (TPSA) is 101 Å². The summed E-state index contributed by atoms with van der Waals surface area (Å²) in [5, 5.41) is 18.1. The summed E-state index contributed by atoms with van der Waals surface area (Å²) < 4.78 is 12.2. The fourth-order valence-electron chi connectivity index (χ4n) is 2.92. The van der Waals surface area contributed by atoms with Crippen molar-refractivity contribution >= 4 is 35.4 Å². The molecule has 3 N–H and O–H groups in total. The van der Waals surface area contributed by atoms with Crippen LogP contribution in [0.1, 0.15) is 11.1 Å². The van der Waals surface area contributed by atoms with E-state index in [2.05, 4.69) is 15.7 Å². The van der Waals surface area contributed by atoms with Crippen molar-refractivity contribution in [3.05, 3.63) is 58.6 Å². The molecule has 1 aromatic heterocycles. The second kappa shape index (κ2) is 9.32. The molecule has 3 aromatic rings. The molecule has 0 saturated heterocycles. The van der Waals surface area contributed by atoms with Gasteiger partial charge in [0.1, 0.15) is 18.2 Å². The van der Waals surface area contributed by atoms with Crippen LogP contribution in [0.15, 0.2) is 42.5 Å². The van der Waals surface area contributed by atoms with E-state index in [1.54, 1.807) is 50.2 Å². The van der Waals surface area contributed by atoms with Crippen molar-refractivity contribution in [3.8, 4) is 17.0 Å². The van der Waals surface area contributed by atoms with Crippen molar-refractivity contribution < 1.29 is 14.3 Å². The fraction of sp³-hybridized carbons (Fsp3) is 0.190. The average Bonchev–Trinajstić information content (AvgIpc) is 3.11. The molecule has 1 amide bonds. The number of hydrogen-bond donors (Lipinski definition) is 3. The first kappa shape index (κ1) is 21.2. The number of aromatic nitrogens is 2. The van der Waals surface area contributed by atoms with Crippen LogP contribution in [-0.2, 0) is 18.4 Å². The molecular formula is C21H22ClN5O3. The van der Waals surface area contributed by atoms with Gasteiger partial charge in [-0.25, -0.2) is 4.79 Å². The smallest absolute Gasteiger partial charge is 0.413 e. The van der Waals surface area contributed by atoms with Gasteiger partial charge in [0.05, 0.1) is 12.8 Å². The first-order chi connectivity index (χ1) is 14.4. The molecule has 0 atom stereocenters. The van der Waals surface area contributed by atoms with Gasteiger partial charge in [-0.2, -0.15) is 5.10 Å². The number of nitrogens with one attached hydrogen (secondary N) is 3. The van der Waals surface area contributed by atoms with Crippen molar-refractivity contribution in [1.82, 2.24) is 9.78 Å². The number of halogens is 1. The standard InChI is InChI=1S/C21H22ClN5O3/c1-24-17-8-13(4-5-14(17)11-23)12-30-21(28)25-20-10-18(26-27(20)2)16-7-6-15(22)9-19(16)29-3/h4-11,23-24H,12H2,1-3H3,(H,25,28). The largest absolute Gasteiger partial charge is 0.496 e. The van der Waals surface area contributed by atoms with E-state index in [0.717, 1.165) is 22.4 Å². The van der Waals surface area contributed by atoms with Gasteiger partial charge in [0.25, 0.3) is 0 Å². The van der Waals surface area contributed by atoms with Crippen LogP contribution < -0.4 is 15.4 Å². The van der Waals surface area contributed by atoms with Crippen molar-refractivity contribution in [2.45, 2.75) is 6.61 Å². The molecule has 8 nitrogen and oxygen atoms in total. The normalized spacial score (nSPS) is 10.4. The summed E-state index contributed by atoms with van der Waals surface area (Å²) in [4.78, 5) is 12.3. The lowest BCUT2D eigenvalue weighted by Crippen LogP contribution is -2.15. The molecule has 0 bridgehead atoms. The SMILES string of the molecule is CNc1cc(COC(=O)Nc2cc(-c3ccc(Cl)cc3OC)nn2C)ccc1C=N. The Morgan fingerprint density at radius 3 is 2.77 bits per heavy atom. The zero-order valence-corrected chi connectivity index (χ0v) is 17.6. The molecule has 0 aliphatic heterocycles. The maximum absolute atomic E-state index is 12.3. The average molecular weight is 428 g/mol. The Morgan fingerprint density at radius 2 is 2.07 bits per heavy atom. The Bertz CT molecular complexity index is 1080. The number of ether oxygens (including phenoxy) is 2. The maximum Gasteiger partial charge on any atom is 0.413 e. The lowest BCUT2D eigenvalue weighted by molar-refractivity contribution is 0.155. The number of benzene rings is 2. The fourth-order valence-corrected chi connectivity index (χ4v) is 3.08. The summed E-state index contributed by atoms with van der Waals surface area (Å²) in [5.41, 5.74) is 3.73. The van der Waals surface area contributed by atoms with Crippen LogP contribution in [0.25, 0.3) is 11.3 Å². The molecule has 0 fully saturated rings. The summed E-state index contributed by atoms with van der Waals surface area (Å²) in [6, 6.07) is 12.4.